The number of carbonyl (C=O) groups is 1. The number of hydrogen-bond acceptors (Lipinski definition) is 4. The third-order valence-electron chi connectivity index (χ3n) is 3.84. The van der Waals surface area contributed by atoms with Gasteiger partial charge in [-0.3, -0.25) is 9.69 Å². The summed E-state index contributed by atoms with van der Waals surface area (Å²) in [5, 5.41) is 2.95. The Kier molecular flexibility index (Phi) is 4.17. The number of nitrogens with one attached hydrogen (secondary N) is 2. The number of aromatic nitrogens is 2. The molecule has 1 fully saturated rings. The number of ether oxygens (including phenoxy) is 1. The molecule has 6 heteroatoms. The van der Waals surface area contributed by atoms with Gasteiger partial charge in [-0.25, -0.2) is 4.98 Å². The first-order valence-electron chi connectivity index (χ1n) is 7.31. The molecule has 1 aliphatic rings. The van der Waals surface area contributed by atoms with E-state index in [1.165, 1.54) is 0 Å². The number of likely N-dealkylation sites (N-methyl/N-ethyl adjacent to an activating group) is 1. The van der Waals surface area contributed by atoms with E-state index in [2.05, 4.69) is 27.1 Å². The molecule has 0 aliphatic carbocycles. The third-order valence-corrected chi connectivity index (χ3v) is 3.84. The zero-order valence-electron chi connectivity index (χ0n) is 12.1. The van der Waals surface area contributed by atoms with Gasteiger partial charge in [0.15, 0.2) is 0 Å². The third kappa shape index (κ3) is 3.22. The van der Waals surface area contributed by atoms with Crippen LogP contribution in [0, 0.1) is 0 Å². The van der Waals surface area contributed by atoms with Gasteiger partial charge in [0.2, 0.25) is 0 Å². The molecule has 2 heterocycles. The summed E-state index contributed by atoms with van der Waals surface area (Å²) in [6, 6.07) is 5.45. The summed E-state index contributed by atoms with van der Waals surface area (Å²) in [5.74, 6) is -0.0799. The monoisotopic (exact) mass is 288 g/mol. The van der Waals surface area contributed by atoms with Crippen LogP contribution in [-0.4, -0.2) is 59.7 Å². The lowest BCUT2D eigenvalue weighted by atomic mass is 10.2. The Bertz CT molecular complexity index is 625. The van der Waals surface area contributed by atoms with Crippen molar-refractivity contribution in [2.24, 2.45) is 0 Å². The van der Waals surface area contributed by atoms with Gasteiger partial charge in [-0.2, -0.15) is 0 Å². The number of nitrogens with zero attached hydrogens (tertiary/aromatic N) is 2. The van der Waals surface area contributed by atoms with Crippen molar-refractivity contribution < 1.29 is 9.53 Å². The van der Waals surface area contributed by atoms with E-state index in [0.717, 1.165) is 37.3 Å². The fourth-order valence-electron chi connectivity index (χ4n) is 2.58. The minimum atomic E-state index is -0.0799. The fourth-order valence-corrected chi connectivity index (χ4v) is 2.58. The summed E-state index contributed by atoms with van der Waals surface area (Å²) in [7, 11) is 0. The number of rotatable bonds is 4. The minimum Gasteiger partial charge on any atom is -0.374 e. The van der Waals surface area contributed by atoms with Crippen LogP contribution in [0.3, 0.4) is 0 Å². The van der Waals surface area contributed by atoms with Crippen LogP contribution in [0.5, 0.6) is 0 Å². The molecule has 6 nitrogen and oxygen atoms in total. The SMILES string of the molecule is CCN1CCOC(CNC(=O)c2ccc3nc[nH]c3c2)C1. The Morgan fingerprint density at radius 2 is 2.48 bits per heavy atom. The zero-order valence-corrected chi connectivity index (χ0v) is 12.1. The summed E-state index contributed by atoms with van der Waals surface area (Å²) < 4.78 is 5.68. The lowest BCUT2D eigenvalue weighted by Gasteiger charge is -2.32. The number of benzene rings is 1. The number of carbonyl (C=O) groups excluding carboxylic acids is 1. The summed E-state index contributed by atoms with van der Waals surface area (Å²) in [6.07, 6.45) is 1.69. The molecule has 0 spiro atoms. The Morgan fingerprint density at radius 3 is 3.33 bits per heavy atom. The van der Waals surface area contributed by atoms with Gasteiger partial charge in [0.05, 0.1) is 30.1 Å². The molecule has 112 valence electrons. The molecule has 0 saturated carbocycles. The van der Waals surface area contributed by atoms with E-state index in [9.17, 15) is 4.79 Å². The highest BCUT2D eigenvalue weighted by Gasteiger charge is 2.20. The van der Waals surface area contributed by atoms with Gasteiger partial charge in [0.25, 0.3) is 5.91 Å². The van der Waals surface area contributed by atoms with Crippen molar-refractivity contribution in [2.45, 2.75) is 13.0 Å². The van der Waals surface area contributed by atoms with Crippen LogP contribution in [0.25, 0.3) is 11.0 Å². The molecule has 2 aromatic rings. The maximum atomic E-state index is 12.2. The van der Waals surface area contributed by atoms with Crippen LogP contribution in [0.15, 0.2) is 24.5 Å². The molecule has 1 unspecified atom stereocenters. The van der Waals surface area contributed by atoms with Crippen LogP contribution in [-0.2, 0) is 4.74 Å². The van der Waals surface area contributed by atoms with Crippen molar-refractivity contribution in [2.75, 3.05) is 32.8 Å². The molecule has 1 aromatic carbocycles. The van der Waals surface area contributed by atoms with E-state index in [1.807, 2.05) is 12.1 Å². The van der Waals surface area contributed by atoms with Crippen molar-refractivity contribution in [1.82, 2.24) is 20.2 Å². The molecule has 0 radical (unpaired) electrons. The fraction of sp³-hybridized carbons (Fsp3) is 0.467. The second-order valence-electron chi connectivity index (χ2n) is 5.23. The van der Waals surface area contributed by atoms with E-state index >= 15 is 0 Å². The Hall–Kier alpha value is -1.92. The Balaban J connectivity index is 1.58. The van der Waals surface area contributed by atoms with Crippen molar-refractivity contribution in [1.29, 1.82) is 0 Å². The van der Waals surface area contributed by atoms with Gasteiger partial charge in [0.1, 0.15) is 0 Å². The number of imidazole rings is 1. The molecular weight excluding hydrogens is 268 g/mol. The Morgan fingerprint density at radius 1 is 1.57 bits per heavy atom. The normalized spacial score (nSPS) is 19.8. The number of amides is 1. The summed E-state index contributed by atoms with van der Waals surface area (Å²) in [4.78, 5) is 21.7. The Labute approximate surface area is 123 Å². The van der Waals surface area contributed by atoms with E-state index in [1.54, 1.807) is 12.4 Å². The maximum Gasteiger partial charge on any atom is 0.251 e. The largest absolute Gasteiger partial charge is 0.374 e. The van der Waals surface area contributed by atoms with E-state index < -0.39 is 0 Å². The molecule has 1 aromatic heterocycles. The van der Waals surface area contributed by atoms with Gasteiger partial charge in [-0.1, -0.05) is 6.92 Å². The molecule has 1 amide bonds. The highest BCUT2D eigenvalue weighted by Crippen LogP contribution is 2.11. The number of hydrogen-bond donors (Lipinski definition) is 2. The topological polar surface area (TPSA) is 70.2 Å². The van der Waals surface area contributed by atoms with Crippen molar-refractivity contribution in [3.05, 3.63) is 30.1 Å². The molecule has 1 saturated heterocycles. The number of morpholine rings is 1. The number of H-pyrrole nitrogens is 1. The van der Waals surface area contributed by atoms with Gasteiger partial charge < -0.3 is 15.0 Å². The van der Waals surface area contributed by atoms with Crippen LogP contribution in [0.4, 0.5) is 0 Å². The summed E-state index contributed by atoms with van der Waals surface area (Å²) in [6.45, 7) is 6.27. The maximum absolute atomic E-state index is 12.2. The summed E-state index contributed by atoms with van der Waals surface area (Å²) >= 11 is 0. The quantitative estimate of drug-likeness (QED) is 0.881. The highest BCUT2D eigenvalue weighted by molar-refractivity contribution is 5.97. The summed E-state index contributed by atoms with van der Waals surface area (Å²) in [5.41, 5.74) is 2.37. The molecular formula is C15H20N4O2. The smallest absolute Gasteiger partial charge is 0.251 e. The molecule has 2 N–H and O–H groups in total. The van der Waals surface area contributed by atoms with Gasteiger partial charge in [-0.05, 0) is 24.7 Å². The van der Waals surface area contributed by atoms with Gasteiger partial charge >= 0.3 is 0 Å². The predicted octanol–water partition coefficient (Wildman–Crippen LogP) is 1.01. The highest BCUT2D eigenvalue weighted by atomic mass is 16.5. The van der Waals surface area contributed by atoms with Gasteiger partial charge in [0, 0.05) is 25.2 Å². The van der Waals surface area contributed by atoms with Crippen LogP contribution in [0.2, 0.25) is 0 Å². The van der Waals surface area contributed by atoms with Crippen LogP contribution >= 0.6 is 0 Å². The number of aromatic amines is 1. The van der Waals surface area contributed by atoms with Gasteiger partial charge in [-0.15, -0.1) is 0 Å². The molecule has 1 aliphatic heterocycles. The second-order valence-corrected chi connectivity index (χ2v) is 5.23. The van der Waals surface area contributed by atoms with E-state index in [-0.39, 0.29) is 12.0 Å². The van der Waals surface area contributed by atoms with E-state index in [4.69, 9.17) is 4.74 Å². The molecule has 1 atom stereocenters. The zero-order chi connectivity index (χ0) is 14.7. The van der Waals surface area contributed by atoms with Crippen LogP contribution in [0.1, 0.15) is 17.3 Å². The van der Waals surface area contributed by atoms with Crippen molar-refractivity contribution in [3.8, 4) is 0 Å². The van der Waals surface area contributed by atoms with Crippen LogP contribution < -0.4 is 5.32 Å². The first-order valence-corrected chi connectivity index (χ1v) is 7.31. The second kappa shape index (κ2) is 6.24. The average Bonchev–Trinajstić information content (AvgIpc) is 3.00. The standard InChI is InChI=1S/C15H20N4O2/c1-2-19-5-6-21-12(9-19)8-16-15(20)11-3-4-13-14(7-11)18-10-17-13/h3-4,7,10,12H,2,5-6,8-9H2,1H3,(H,16,20)(H,17,18). The van der Waals surface area contributed by atoms with E-state index in [0.29, 0.717) is 12.1 Å². The first-order chi connectivity index (χ1) is 10.3. The predicted molar refractivity (Wildman–Crippen MR) is 80.3 cm³/mol. The molecule has 3 rings (SSSR count). The first kappa shape index (κ1) is 14.0. The molecule has 0 bridgehead atoms. The van der Waals surface area contributed by atoms with Crippen molar-refractivity contribution in [3.63, 3.8) is 0 Å². The lowest BCUT2D eigenvalue weighted by molar-refractivity contribution is -0.0246. The number of fused-ring (bicyclic) bond motifs is 1. The minimum absolute atomic E-state index is 0.0681. The van der Waals surface area contributed by atoms with Crippen molar-refractivity contribution >= 4 is 16.9 Å². The molecule has 21 heavy (non-hydrogen) atoms. The lowest BCUT2D eigenvalue weighted by Crippen LogP contribution is -2.47. The average molecular weight is 288 g/mol.